The maximum absolute atomic E-state index is 12.6. The summed E-state index contributed by atoms with van der Waals surface area (Å²) in [6.07, 6.45) is 1.87. The molecule has 16 heavy (non-hydrogen) atoms. The van der Waals surface area contributed by atoms with Crippen LogP contribution in [-0.2, 0) is 4.79 Å². The van der Waals surface area contributed by atoms with Crippen molar-refractivity contribution >= 4 is 28.9 Å². The minimum atomic E-state index is -0.307. The SMILES string of the molecule is O=C(NC(=S)Nc1ccc(F)cc1)C1CC1. The van der Waals surface area contributed by atoms with Crippen molar-refractivity contribution < 1.29 is 9.18 Å². The maximum Gasteiger partial charge on any atom is 0.229 e. The summed E-state index contributed by atoms with van der Waals surface area (Å²) >= 11 is 4.96. The number of rotatable bonds is 2. The highest BCUT2D eigenvalue weighted by atomic mass is 32.1. The van der Waals surface area contributed by atoms with Crippen LogP contribution in [0, 0.1) is 11.7 Å². The average molecular weight is 238 g/mol. The lowest BCUT2D eigenvalue weighted by Gasteiger charge is -2.08. The van der Waals surface area contributed by atoms with Crippen molar-refractivity contribution in [2.24, 2.45) is 5.92 Å². The Balaban J connectivity index is 1.86. The van der Waals surface area contributed by atoms with Crippen LogP contribution < -0.4 is 10.6 Å². The number of hydrogen-bond acceptors (Lipinski definition) is 2. The maximum atomic E-state index is 12.6. The van der Waals surface area contributed by atoms with Gasteiger partial charge in [0.25, 0.3) is 0 Å². The Morgan fingerprint density at radius 3 is 2.50 bits per heavy atom. The van der Waals surface area contributed by atoms with Crippen molar-refractivity contribution in [3.8, 4) is 0 Å². The van der Waals surface area contributed by atoms with E-state index in [0.717, 1.165) is 12.8 Å². The van der Waals surface area contributed by atoms with E-state index in [4.69, 9.17) is 12.2 Å². The summed E-state index contributed by atoms with van der Waals surface area (Å²) in [5.41, 5.74) is 0.655. The third-order valence-corrected chi connectivity index (χ3v) is 2.49. The summed E-state index contributed by atoms with van der Waals surface area (Å²) in [4.78, 5) is 11.4. The first-order chi connectivity index (χ1) is 7.65. The lowest BCUT2D eigenvalue weighted by Crippen LogP contribution is -2.35. The van der Waals surface area contributed by atoms with Gasteiger partial charge in [0.2, 0.25) is 5.91 Å². The number of anilines is 1. The second-order valence-electron chi connectivity index (χ2n) is 3.72. The molecular weight excluding hydrogens is 227 g/mol. The molecule has 0 heterocycles. The number of benzene rings is 1. The summed E-state index contributed by atoms with van der Waals surface area (Å²) in [6, 6.07) is 5.77. The van der Waals surface area contributed by atoms with Gasteiger partial charge in [-0.05, 0) is 49.3 Å². The first kappa shape index (κ1) is 11.0. The Bertz CT molecular complexity index is 414. The molecule has 84 valence electrons. The summed E-state index contributed by atoms with van der Waals surface area (Å²) < 4.78 is 12.6. The molecular formula is C11H11FN2OS. The van der Waals surface area contributed by atoms with Crippen LogP contribution in [0.5, 0.6) is 0 Å². The molecule has 3 nitrogen and oxygen atoms in total. The van der Waals surface area contributed by atoms with Gasteiger partial charge in [-0.1, -0.05) is 0 Å². The van der Waals surface area contributed by atoms with Crippen molar-refractivity contribution in [2.45, 2.75) is 12.8 Å². The molecule has 0 aliphatic heterocycles. The van der Waals surface area contributed by atoms with Gasteiger partial charge < -0.3 is 10.6 Å². The highest BCUT2D eigenvalue weighted by molar-refractivity contribution is 7.80. The number of thiocarbonyl (C=S) groups is 1. The highest BCUT2D eigenvalue weighted by Gasteiger charge is 2.29. The predicted octanol–water partition coefficient (Wildman–Crippen LogP) is 2.05. The van der Waals surface area contributed by atoms with Gasteiger partial charge in [-0.2, -0.15) is 0 Å². The average Bonchev–Trinajstić information content (AvgIpc) is 3.04. The van der Waals surface area contributed by atoms with E-state index in [1.165, 1.54) is 12.1 Å². The van der Waals surface area contributed by atoms with E-state index in [9.17, 15) is 9.18 Å². The van der Waals surface area contributed by atoms with Crippen molar-refractivity contribution in [1.29, 1.82) is 0 Å². The summed E-state index contributed by atoms with van der Waals surface area (Å²) in [5.74, 6) is -0.230. The van der Waals surface area contributed by atoms with E-state index in [1.807, 2.05) is 0 Å². The van der Waals surface area contributed by atoms with Gasteiger partial charge in [0.1, 0.15) is 5.82 Å². The van der Waals surface area contributed by atoms with Crippen molar-refractivity contribution in [3.63, 3.8) is 0 Å². The number of carbonyl (C=O) groups is 1. The summed E-state index contributed by atoms with van der Waals surface area (Å²) in [7, 11) is 0. The highest BCUT2D eigenvalue weighted by Crippen LogP contribution is 2.28. The van der Waals surface area contributed by atoms with E-state index >= 15 is 0 Å². The van der Waals surface area contributed by atoms with Gasteiger partial charge in [0, 0.05) is 11.6 Å². The Morgan fingerprint density at radius 2 is 1.94 bits per heavy atom. The molecule has 0 spiro atoms. The number of nitrogens with one attached hydrogen (secondary N) is 2. The Hall–Kier alpha value is -1.49. The van der Waals surface area contributed by atoms with Crippen LogP contribution in [0.1, 0.15) is 12.8 Å². The lowest BCUT2D eigenvalue weighted by atomic mass is 10.3. The Labute approximate surface area is 98.0 Å². The van der Waals surface area contributed by atoms with E-state index in [-0.39, 0.29) is 22.8 Å². The molecule has 0 aromatic heterocycles. The quantitative estimate of drug-likeness (QED) is 0.775. The fourth-order valence-electron chi connectivity index (χ4n) is 1.26. The van der Waals surface area contributed by atoms with E-state index in [1.54, 1.807) is 12.1 Å². The standard InChI is InChI=1S/C11H11FN2OS/c12-8-3-5-9(6-4-8)13-11(16)14-10(15)7-1-2-7/h3-7H,1-2H2,(H2,13,14,15,16). The molecule has 1 aromatic rings. The minimum Gasteiger partial charge on any atom is -0.332 e. The fourth-order valence-corrected chi connectivity index (χ4v) is 1.47. The van der Waals surface area contributed by atoms with Crippen LogP contribution in [0.3, 0.4) is 0 Å². The van der Waals surface area contributed by atoms with Gasteiger partial charge in [0.05, 0.1) is 0 Å². The molecule has 2 N–H and O–H groups in total. The smallest absolute Gasteiger partial charge is 0.229 e. The molecule has 1 aliphatic rings. The fraction of sp³-hybridized carbons (Fsp3) is 0.273. The van der Waals surface area contributed by atoms with Gasteiger partial charge in [-0.25, -0.2) is 4.39 Å². The zero-order valence-electron chi connectivity index (χ0n) is 8.50. The zero-order chi connectivity index (χ0) is 11.5. The molecule has 1 fully saturated rings. The zero-order valence-corrected chi connectivity index (χ0v) is 9.31. The lowest BCUT2D eigenvalue weighted by molar-refractivity contribution is -0.120. The third kappa shape index (κ3) is 3.00. The molecule has 5 heteroatoms. The van der Waals surface area contributed by atoms with Gasteiger partial charge in [-0.3, -0.25) is 4.79 Å². The van der Waals surface area contributed by atoms with Crippen LogP contribution in [0.2, 0.25) is 0 Å². The van der Waals surface area contributed by atoms with Crippen LogP contribution in [-0.4, -0.2) is 11.0 Å². The predicted molar refractivity (Wildman–Crippen MR) is 63.5 cm³/mol. The molecule has 0 atom stereocenters. The molecule has 1 aromatic carbocycles. The number of hydrogen-bond donors (Lipinski definition) is 2. The van der Waals surface area contributed by atoms with E-state index < -0.39 is 0 Å². The van der Waals surface area contributed by atoms with Gasteiger partial charge >= 0.3 is 0 Å². The van der Waals surface area contributed by atoms with E-state index in [2.05, 4.69) is 10.6 Å². The third-order valence-electron chi connectivity index (χ3n) is 2.29. The number of amides is 1. The van der Waals surface area contributed by atoms with Crippen LogP contribution in [0.25, 0.3) is 0 Å². The molecule has 2 rings (SSSR count). The first-order valence-corrected chi connectivity index (χ1v) is 5.43. The molecule has 0 bridgehead atoms. The molecule has 0 radical (unpaired) electrons. The van der Waals surface area contributed by atoms with Crippen molar-refractivity contribution in [3.05, 3.63) is 30.1 Å². The number of carbonyl (C=O) groups excluding carboxylic acids is 1. The van der Waals surface area contributed by atoms with Crippen LogP contribution in [0.15, 0.2) is 24.3 Å². The monoisotopic (exact) mass is 238 g/mol. The minimum absolute atomic E-state index is 0.0420. The topological polar surface area (TPSA) is 41.1 Å². The van der Waals surface area contributed by atoms with Crippen molar-refractivity contribution in [2.75, 3.05) is 5.32 Å². The summed E-state index contributed by atoms with van der Waals surface area (Å²) in [6.45, 7) is 0. The molecule has 0 saturated heterocycles. The summed E-state index contributed by atoms with van der Waals surface area (Å²) in [5, 5.41) is 5.66. The second kappa shape index (κ2) is 4.57. The first-order valence-electron chi connectivity index (χ1n) is 5.02. The molecule has 1 aliphatic carbocycles. The molecule has 0 unspecified atom stereocenters. The van der Waals surface area contributed by atoms with Crippen LogP contribution in [0.4, 0.5) is 10.1 Å². The van der Waals surface area contributed by atoms with Gasteiger partial charge in [-0.15, -0.1) is 0 Å². The molecule has 1 saturated carbocycles. The molecule has 1 amide bonds. The second-order valence-corrected chi connectivity index (χ2v) is 4.13. The Morgan fingerprint density at radius 1 is 1.31 bits per heavy atom. The van der Waals surface area contributed by atoms with Crippen LogP contribution >= 0.6 is 12.2 Å². The Kier molecular flexibility index (Phi) is 3.14. The largest absolute Gasteiger partial charge is 0.332 e. The normalized spacial score (nSPS) is 14.3. The van der Waals surface area contributed by atoms with E-state index in [0.29, 0.717) is 5.69 Å². The van der Waals surface area contributed by atoms with Crippen molar-refractivity contribution in [1.82, 2.24) is 5.32 Å². The van der Waals surface area contributed by atoms with Gasteiger partial charge in [0.15, 0.2) is 5.11 Å². The number of halogens is 1.